The minimum absolute atomic E-state index is 0.204. The molecule has 0 spiro atoms. The van der Waals surface area contributed by atoms with Crippen molar-refractivity contribution in [2.75, 3.05) is 24.5 Å². The van der Waals surface area contributed by atoms with Crippen LogP contribution in [-0.2, 0) is 0 Å². The van der Waals surface area contributed by atoms with E-state index >= 15 is 0 Å². The number of pyridine rings is 1. The van der Waals surface area contributed by atoms with Crippen molar-refractivity contribution in [3.8, 4) is 0 Å². The lowest BCUT2D eigenvalue weighted by Crippen LogP contribution is -2.35. The normalized spacial score (nSPS) is 29.5. The van der Waals surface area contributed by atoms with Gasteiger partial charge in [0.2, 0.25) is 0 Å². The third-order valence-electron chi connectivity index (χ3n) is 3.46. The molecular weight excluding hydrogens is 193 g/mol. The van der Waals surface area contributed by atoms with Gasteiger partial charge in [-0.1, -0.05) is 0 Å². The van der Waals surface area contributed by atoms with Crippen molar-refractivity contribution in [1.29, 1.82) is 0 Å². The fourth-order valence-corrected chi connectivity index (χ4v) is 2.70. The minimum atomic E-state index is -0.204. The van der Waals surface area contributed by atoms with E-state index in [1.165, 1.54) is 6.07 Å². The number of nitrogens with one attached hydrogen (secondary N) is 1. The Kier molecular flexibility index (Phi) is 2.09. The SMILES string of the molecule is Fc1cccnc1N1CC[C@H]2CNC[C@H]21. The van der Waals surface area contributed by atoms with Crippen LogP contribution in [0.15, 0.2) is 18.3 Å². The van der Waals surface area contributed by atoms with Crippen LogP contribution >= 0.6 is 0 Å². The van der Waals surface area contributed by atoms with E-state index < -0.39 is 0 Å². The highest BCUT2D eigenvalue weighted by atomic mass is 19.1. The molecule has 0 saturated carbocycles. The molecule has 0 unspecified atom stereocenters. The van der Waals surface area contributed by atoms with Crippen molar-refractivity contribution in [2.45, 2.75) is 12.5 Å². The molecule has 0 bridgehead atoms. The van der Waals surface area contributed by atoms with Gasteiger partial charge >= 0.3 is 0 Å². The number of hydrogen-bond acceptors (Lipinski definition) is 3. The molecule has 15 heavy (non-hydrogen) atoms. The molecular formula is C11H14FN3. The summed E-state index contributed by atoms with van der Waals surface area (Å²) in [6, 6.07) is 3.56. The summed E-state index contributed by atoms with van der Waals surface area (Å²) in [6.45, 7) is 2.96. The number of hydrogen-bond donors (Lipinski definition) is 1. The molecule has 3 nitrogen and oxygen atoms in total. The van der Waals surface area contributed by atoms with E-state index in [0.717, 1.165) is 26.1 Å². The molecule has 1 aromatic rings. The molecule has 0 aliphatic carbocycles. The Morgan fingerprint density at radius 3 is 3.27 bits per heavy atom. The number of fused-ring (bicyclic) bond motifs is 1. The van der Waals surface area contributed by atoms with Crippen LogP contribution in [0.4, 0.5) is 10.2 Å². The molecule has 2 atom stereocenters. The highest BCUT2D eigenvalue weighted by Crippen LogP contribution is 2.31. The van der Waals surface area contributed by atoms with Gasteiger partial charge in [0.25, 0.3) is 0 Å². The maximum absolute atomic E-state index is 13.6. The third-order valence-corrected chi connectivity index (χ3v) is 3.46. The number of rotatable bonds is 1. The largest absolute Gasteiger partial charge is 0.350 e. The Balaban J connectivity index is 1.91. The van der Waals surface area contributed by atoms with E-state index in [1.54, 1.807) is 12.3 Å². The quantitative estimate of drug-likeness (QED) is 0.745. The Bertz CT molecular complexity index is 369. The van der Waals surface area contributed by atoms with Crippen LogP contribution < -0.4 is 10.2 Å². The van der Waals surface area contributed by atoms with Gasteiger partial charge in [0, 0.05) is 31.9 Å². The first-order valence-electron chi connectivity index (χ1n) is 5.44. The first-order chi connectivity index (χ1) is 7.36. The third kappa shape index (κ3) is 1.40. The summed E-state index contributed by atoms with van der Waals surface area (Å²) < 4.78 is 13.6. The van der Waals surface area contributed by atoms with Gasteiger partial charge in [-0.2, -0.15) is 0 Å². The van der Waals surface area contributed by atoms with Crippen LogP contribution in [0.25, 0.3) is 0 Å². The summed E-state index contributed by atoms with van der Waals surface area (Å²) in [5.74, 6) is 0.991. The molecule has 2 saturated heterocycles. The van der Waals surface area contributed by atoms with E-state index in [2.05, 4.69) is 15.2 Å². The lowest BCUT2D eigenvalue weighted by atomic mass is 10.1. The second kappa shape index (κ2) is 3.45. The lowest BCUT2D eigenvalue weighted by molar-refractivity contribution is 0.566. The van der Waals surface area contributed by atoms with Gasteiger partial charge in [0.05, 0.1) is 0 Å². The average molecular weight is 207 g/mol. The first-order valence-corrected chi connectivity index (χ1v) is 5.44. The number of nitrogens with zero attached hydrogens (tertiary/aromatic N) is 2. The van der Waals surface area contributed by atoms with Crippen LogP contribution in [0.1, 0.15) is 6.42 Å². The smallest absolute Gasteiger partial charge is 0.165 e. The van der Waals surface area contributed by atoms with Crippen LogP contribution in [0.5, 0.6) is 0 Å². The van der Waals surface area contributed by atoms with E-state index in [4.69, 9.17) is 0 Å². The van der Waals surface area contributed by atoms with Crippen LogP contribution in [0, 0.1) is 11.7 Å². The van der Waals surface area contributed by atoms with Gasteiger partial charge in [-0.15, -0.1) is 0 Å². The topological polar surface area (TPSA) is 28.2 Å². The molecule has 1 aromatic heterocycles. The summed E-state index contributed by atoms with van der Waals surface area (Å²) in [6.07, 6.45) is 2.81. The van der Waals surface area contributed by atoms with Crippen molar-refractivity contribution < 1.29 is 4.39 Å². The minimum Gasteiger partial charge on any atom is -0.350 e. The zero-order chi connectivity index (χ0) is 10.3. The zero-order valence-electron chi connectivity index (χ0n) is 8.49. The van der Waals surface area contributed by atoms with Crippen molar-refractivity contribution in [2.24, 2.45) is 5.92 Å². The van der Waals surface area contributed by atoms with E-state index in [9.17, 15) is 4.39 Å². The van der Waals surface area contributed by atoms with Gasteiger partial charge in [0.1, 0.15) is 0 Å². The standard InChI is InChI=1S/C11H14FN3/c12-9-2-1-4-14-11(9)15-5-3-8-6-13-7-10(8)15/h1-2,4,8,10,13H,3,5-7H2/t8-,10+/m0/s1. The van der Waals surface area contributed by atoms with Gasteiger partial charge in [-0.25, -0.2) is 9.37 Å². The fourth-order valence-electron chi connectivity index (χ4n) is 2.70. The van der Waals surface area contributed by atoms with Gasteiger partial charge in [0.15, 0.2) is 11.6 Å². The second-order valence-electron chi connectivity index (χ2n) is 4.28. The van der Waals surface area contributed by atoms with E-state index in [0.29, 0.717) is 17.8 Å². The lowest BCUT2D eigenvalue weighted by Gasteiger charge is -2.24. The molecule has 4 heteroatoms. The van der Waals surface area contributed by atoms with Gasteiger partial charge < -0.3 is 10.2 Å². The van der Waals surface area contributed by atoms with Gasteiger partial charge in [-0.05, 0) is 24.5 Å². The number of halogens is 1. The van der Waals surface area contributed by atoms with Crippen LogP contribution in [0.2, 0.25) is 0 Å². The van der Waals surface area contributed by atoms with E-state index in [-0.39, 0.29) is 5.82 Å². The van der Waals surface area contributed by atoms with Crippen molar-refractivity contribution in [3.63, 3.8) is 0 Å². The van der Waals surface area contributed by atoms with E-state index in [1.807, 2.05) is 0 Å². The molecule has 3 heterocycles. The molecule has 0 amide bonds. The Hall–Kier alpha value is -1.16. The summed E-state index contributed by atoms with van der Waals surface area (Å²) >= 11 is 0. The maximum atomic E-state index is 13.6. The Morgan fingerprint density at radius 1 is 1.47 bits per heavy atom. The highest BCUT2D eigenvalue weighted by molar-refractivity contribution is 5.43. The zero-order valence-corrected chi connectivity index (χ0v) is 8.49. The summed E-state index contributed by atoms with van der Waals surface area (Å²) in [5, 5.41) is 3.35. The molecule has 3 rings (SSSR count). The molecule has 2 fully saturated rings. The molecule has 0 radical (unpaired) electrons. The van der Waals surface area contributed by atoms with Crippen LogP contribution in [-0.4, -0.2) is 30.7 Å². The number of anilines is 1. The highest BCUT2D eigenvalue weighted by Gasteiger charge is 2.38. The van der Waals surface area contributed by atoms with Crippen LogP contribution in [0.3, 0.4) is 0 Å². The predicted octanol–water partition coefficient (Wildman–Crippen LogP) is 1.02. The average Bonchev–Trinajstić information content (AvgIpc) is 2.80. The van der Waals surface area contributed by atoms with Crippen molar-refractivity contribution in [3.05, 3.63) is 24.1 Å². The monoisotopic (exact) mass is 207 g/mol. The molecule has 2 aliphatic heterocycles. The first kappa shape index (κ1) is 9.09. The van der Waals surface area contributed by atoms with Gasteiger partial charge in [-0.3, -0.25) is 0 Å². The summed E-state index contributed by atoms with van der Waals surface area (Å²) in [4.78, 5) is 6.25. The molecule has 80 valence electrons. The predicted molar refractivity (Wildman–Crippen MR) is 56.3 cm³/mol. The fraction of sp³-hybridized carbons (Fsp3) is 0.545. The summed E-state index contributed by atoms with van der Waals surface area (Å²) in [7, 11) is 0. The molecule has 2 aliphatic rings. The molecule has 1 N–H and O–H groups in total. The molecule has 0 aromatic carbocycles. The number of aromatic nitrogens is 1. The Labute approximate surface area is 88.3 Å². The van der Waals surface area contributed by atoms with Crippen molar-refractivity contribution >= 4 is 5.82 Å². The summed E-state index contributed by atoms with van der Waals surface area (Å²) in [5.41, 5.74) is 0. The second-order valence-corrected chi connectivity index (χ2v) is 4.28. The van der Waals surface area contributed by atoms with Crippen molar-refractivity contribution in [1.82, 2.24) is 10.3 Å². The maximum Gasteiger partial charge on any atom is 0.165 e. The Morgan fingerprint density at radius 2 is 2.40 bits per heavy atom.